The van der Waals surface area contributed by atoms with Gasteiger partial charge in [-0.25, -0.2) is 4.39 Å². The van der Waals surface area contributed by atoms with Gasteiger partial charge < -0.3 is 9.84 Å². The third-order valence-corrected chi connectivity index (χ3v) is 2.00. The zero-order valence-corrected chi connectivity index (χ0v) is 8.74. The third-order valence-electron chi connectivity index (χ3n) is 2.00. The lowest BCUT2D eigenvalue weighted by atomic mass is 10.1. The fraction of sp³-hybridized carbons (Fsp3) is 0.333. The number of benzene rings is 1. The predicted molar refractivity (Wildman–Crippen MR) is 57.3 cm³/mol. The van der Waals surface area contributed by atoms with Gasteiger partial charge in [0.05, 0.1) is 12.7 Å². The Kier molecular flexibility index (Phi) is 4.31. The lowest BCUT2D eigenvalue weighted by molar-refractivity contribution is 0.191. The average Bonchev–Trinajstić information content (AvgIpc) is 2.20. The number of aliphatic hydroxyl groups is 1. The van der Waals surface area contributed by atoms with E-state index in [-0.39, 0.29) is 5.82 Å². The van der Waals surface area contributed by atoms with Gasteiger partial charge in [-0.1, -0.05) is 6.08 Å². The molecule has 0 aromatic heterocycles. The van der Waals surface area contributed by atoms with Gasteiger partial charge in [0.1, 0.15) is 11.6 Å². The number of hydrogen-bond donors (Lipinski definition) is 1. The summed E-state index contributed by atoms with van der Waals surface area (Å²) < 4.78 is 18.3. The molecular weight excluding hydrogens is 195 g/mol. The van der Waals surface area contributed by atoms with E-state index in [2.05, 4.69) is 6.58 Å². The second kappa shape index (κ2) is 5.51. The van der Waals surface area contributed by atoms with Gasteiger partial charge in [-0.05, 0) is 31.5 Å². The van der Waals surface area contributed by atoms with Crippen molar-refractivity contribution in [1.29, 1.82) is 0 Å². The van der Waals surface area contributed by atoms with Crippen molar-refractivity contribution >= 4 is 0 Å². The SMILES string of the molecule is C=CCCOc1ccc(F)cc1[C@H](C)O. The Hall–Kier alpha value is -1.35. The van der Waals surface area contributed by atoms with Gasteiger partial charge in [-0.3, -0.25) is 0 Å². The van der Waals surface area contributed by atoms with E-state index >= 15 is 0 Å². The summed E-state index contributed by atoms with van der Waals surface area (Å²) in [5.74, 6) is 0.148. The summed E-state index contributed by atoms with van der Waals surface area (Å²) in [4.78, 5) is 0. The zero-order valence-electron chi connectivity index (χ0n) is 8.74. The maximum Gasteiger partial charge on any atom is 0.125 e. The largest absolute Gasteiger partial charge is 0.493 e. The lowest BCUT2D eigenvalue weighted by Crippen LogP contribution is -2.02. The second-order valence-corrected chi connectivity index (χ2v) is 3.28. The van der Waals surface area contributed by atoms with Crippen molar-refractivity contribution in [2.24, 2.45) is 0 Å². The van der Waals surface area contributed by atoms with Crippen molar-refractivity contribution in [3.05, 3.63) is 42.2 Å². The van der Waals surface area contributed by atoms with Crippen LogP contribution in [-0.4, -0.2) is 11.7 Å². The van der Waals surface area contributed by atoms with E-state index in [1.165, 1.54) is 18.2 Å². The summed E-state index contributed by atoms with van der Waals surface area (Å²) in [7, 11) is 0. The molecule has 1 N–H and O–H groups in total. The van der Waals surface area contributed by atoms with Gasteiger partial charge in [-0.15, -0.1) is 6.58 Å². The Morgan fingerprint density at radius 2 is 2.33 bits per heavy atom. The van der Waals surface area contributed by atoms with E-state index in [0.717, 1.165) is 6.42 Å². The Bertz CT molecular complexity index is 334. The Morgan fingerprint density at radius 1 is 1.60 bits per heavy atom. The molecule has 0 saturated carbocycles. The molecule has 0 aliphatic carbocycles. The molecule has 0 unspecified atom stereocenters. The molecule has 0 aliphatic heterocycles. The van der Waals surface area contributed by atoms with Crippen LogP contribution in [0.15, 0.2) is 30.9 Å². The molecule has 0 heterocycles. The molecular formula is C12H15FO2. The minimum atomic E-state index is -0.737. The standard InChI is InChI=1S/C12H15FO2/c1-3-4-7-15-12-6-5-10(13)8-11(12)9(2)14/h3,5-6,8-9,14H,1,4,7H2,2H3/t9-/m0/s1. The molecule has 1 aromatic carbocycles. The Balaban J connectivity index is 2.81. The first-order chi connectivity index (χ1) is 7.15. The van der Waals surface area contributed by atoms with Gasteiger partial charge in [-0.2, -0.15) is 0 Å². The van der Waals surface area contributed by atoms with Crippen LogP contribution in [-0.2, 0) is 0 Å². The third kappa shape index (κ3) is 3.36. The van der Waals surface area contributed by atoms with E-state index in [0.29, 0.717) is 17.9 Å². The molecule has 2 nitrogen and oxygen atoms in total. The molecule has 3 heteroatoms. The average molecular weight is 210 g/mol. The Labute approximate surface area is 89.0 Å². The summed E-state index contributed by atoms with van der Waals surface area (Å²) in [5.41, 5.74) is 0.471. The van der Waals surface area contributed by atoms with Crippen LogP contribution in [0.1, 0.15) is 25.0 Å². The second-order valence-electron chi connectivity index (χ2n) is 3.28. The summed E-state index contributed by atoms with van der Waals surface area (Å²) in [5, 5.41) is 9.42. The fourth-order valence-electron chi connectivity index (χ4n) is 1.23. The summed E-state index contributed by atoms with van der Waals surface area (Å²) >= 11 is 0. The molecule has 0 saturated heterocycles. The molecule has 1 atom stereocenters. The van der Waals surface area contributed by atoms with Crippen LogP contribution in [0.25, 0.3) is 0 Å². The van der Waals surface area contributed by atoms with Crippen molar-refractivity contribution in [3.8, 4) is 5.75 Å². The van der Waals surface area contributed by atoms with Crippen LogP contribution in [0.2, 0.25) is 0 Å². The predicted octanol–water partition coefficient (Wildman–Crippen LogP) is 2.83. The van der Waals surface area contributed by atoms with Crippen molar-refractivity contribution in [1.82, 2.24) is 0 Å². The van der Waals surface area contributed by atoms with Gasteiger partial charge in [0.15, 0.2) is 0 Å². The van der Waals surface area contributed by atoms with Crippen LogP contribution in [0.5, 0.6) is 5.75 Å². The van der Waals surface area contributed by atoms with Crippen LogP contribution in [0.3, 0.4) is 0 Å². The molecule has 1 rings (SSSR count). The molecule has 0 aliphatic rings. The topological polar surface area (TPSA) is 29.5 Å². The van der Waals surface area contributed by atoms with Crippen molar-refractivity contribution in [2.45, 2.75) is 19.4 Å². The van der Waals surface area contributed by atoms with Gasteiger partial charge in [0.2, 0.25) is 0 Å². The first-order valence-electron chi connectivity index (χ1n) is 4.86. The zero-order chi connectivity index (χ0) is 11.3. The minimum Gasteiger partial charge on any atom is -0.493 e. The molecule has 0 spiro atoms. The van der Waals surface area contributed by atoms with E-state index in [9.17, 15) is 9.50 Å². The van der Waals surface area contributed by atoms with Crippen LogP contribution in [0.4, 0.5) is 4.39 Å². The lowest BCUT2D eigenvalue weighted by Gasteiger charge is -2.12. The smallest absolute Gasteiger partial charge is 0.125 e. The number of hydrogen-bond acceptors (Lipinski definition) is 2. The summed E-state index contributed by atoms with van der Waals surface area (Å²) in [6.45, 7) is 5.63. The molecule has 0 bridgehead atoms. The number of ether oxygens (including phenoxy) is 1. The van der Waals surface area contributed by atoms with Crippen LogP contribution < -0.4 is 4.74 Å². The molecule has 0 amide bonds. The summed E-state index contributed by atoms with van der Waals surface area (Å²) in [6, 6.07) is 4.13. The normalized spacial score (nSPS) is 12.2. The van der Waals surface area contributed by atoms with E-state index < -0.39 is 6.10 Å². The number of halogens is 1. The Morgan fingerprint density at radius 3 is 2.93 bits per heavy atom. The van der Waals surface area contributed by atoms with Crippen LogP contribution >= 0.6 is 0 Å². The minimum absolute atomic E-state index is 0.373. The summed E-state index contributed by atoms with van der Waals surface area (Å²) in [6.07, 6.45) is 1.72. The van der Waals surface area contributed by atoms with Crippen molar-refractivity contribution in [3.63, 3.8) is 0 Å². The highest BCUT2D eigenvalue weighted by atomic mass is 19.1. The maximum atomic E-state index is 12.9. The highest BCUT2D eigenvalue weighted by Gasteiger charge is 2.09. The van der Waals surface area contributed by atoms with Crippen molar-refractivity contribution < 1.29 is 14.2 Å². The van der Waals surface area contributed by atoms with E-state index in [4.69, 9.17) is 4.74 Å². The first kappa shape index (κ1) is 11.7. The maximum absolute atomic E-state index is 12.9. The quantitative estimate of drug-likeness (QED) is 0.598. The van der Waals surface area contributed by atoms with E-state index in [1.54, 1.807) is 13.0 Å². The van der Waals surface area contributed by atoms with Gasteiger partial charge in [0, 0.05) is 5.56 Å². The molecule has 82 valence electrons. The monoisotopic (exact) mass is 210 g/mol. The van der Waals surface area contributed by atoms with E-state index in [1.807, 2.05) is 0 Å². The molecule has 1 aromatic rings. The first-order valence-corrected chi connectivity index (χ1v) is 4.86. The van der Waals surface area contributed by atoms with Crippen LogP contribution in [0, 0.1) is 5.82 Å². The molecule has 0 radical (unpaired) electrons. The fourth-order valence-corrected chi connectivity index (χ4v) is 1.23. The molecule has 0 fully saturated rings. The number of rotatable bonds is 5. The molecule has 15 heavy (non-hydrogen) atoms. The van der Waals surface area contributed by atoms with Gasteiger partial charge in [0.25, 0.3) is 0 Å². The highest BCUT2D eigenvalue weighted by Crippen LogP contribution is 2.25. The number of aliphatic hydroxyl groups excluding tert-OH is 1. The highest BCUT2D eigenvalue weighted by molar-refractivity contribution is 5.35. The van der Waals surface area contributed by atoms with Crippen molar-refractivity contribution in [2.75, 3.05) is 6.61 Å². The van der Waals surface area contributed by atoms with Gasteiger partial charge >= 0.3 is 0 Å².